The number of carbonyl (C=O) groups is 2. The molecular formula is C19H20N6O3S. The Balaban J connectivity index is 1.64. The number of anilines is 2. The quantitative estimate of drug-likeness (QED) is 0.574. The Hall–Kier alpha value is -3.40. The zero-order chi connectivity index (χ0) is 20.8. The average molecular weight is 412 g/mol. The molecule has 1 heterocycles. The number of benzene rings is 2. The molecule has 0 fully saturated rings. The molecule has 3 rings (SSSR count). The normalized spacial score (nSPS) is 11.6. The van der Waals surface area contributed by atoms with Crippen LogP contribution in [0.15, 0.2) is 53.7 Å². The van der Waals surface area contributed by atoms with Crippen molar-refractivity contribution in [3.8, 4) is 11.4 Å². The Bertz CT molecular complexity index is 988. The van der Waals surface area contributed by atoms with E-state index in [-0.39, 0.29) is 11.8 Å². The third-order valence-corrected chi connectivity index (χ3v) is 4.92. The smallest absolute Gasteiger partial charge is 0.237 e. The van der Waals surface area contributed by atoms with Gasteiger partial charge >= 0.3 is 0 Å². The van der Waals surface area contributed by atoms with E-state index in [0.717, 1.165) is 11.4 Å². The van der Waals surface area contributed by atoms with Crippen LogP contribution in [0.4, 0.5) is 11.4 Å². The van der Waals surface area contributed by atoms with Gasteiger partial charge in [0.25, 0.3) is 0 Å². The lowest BCUT2D eigenvalue weighted by Crippen LogP contribution is -2.23. The second-order valence-electron chi connectivity index (χ2n) is 6.08. The topological polar surface area (TPSA) is 111 Å². The monoisotopic (exact) mass is 412 g/mol. The number of hydrogen-bond acceptors (Lipinski definition) is 7. The first-order chi connectivity index (χ1) is 14.0. The second kappa shape index (κ2) is 9.20. The van der Waals surface area contributed by atoms with Crippen molar-refractivity contribution in [3.05, 3.63) is 48.5 Å². The Labute approximate surface area is 171 Å². The number of tetrazole rings is 1. The fourth-order valence-electron chi connectivity index (χ4n) is 2.43. The van der Waals surface area contributed by atoms with Crippen molar-refractivity contribution in [2.45, 2.75) is 24.3 Å². The SMILES string of the molecule is COc1ccc(-n2nnnc2S[C@@H](C)C(=O)Nc2ccc(NC(C)=O)cc2)cc1. The zero-order valence-corrected chi connectivity index (χ0v) is 16.9. The number of aromatic nitrogens is 4. The second-order valence-corrected chi connectivity index (χ2v) is 7.39. The van der Waals surface area contributed by atoms with Gasteiger partial charge in [-0.15, -0.1) is 5.10 Å². The number of methoxy groups -OCH3 is 1. The fraction of sp³-hybridized carbons (Fsp3) is 0.211. The van der Waals surface area contributed by atoms with Gasteiger partial charge in [0.1, 0.15) is 5.75 Å². The summed E-state index contributed by atoms with van der Waals surface area (Å²) < 4.78 is 6.72. The molecule has 2 N–H and O–H groups in total. The molecule has 29 heavy (non-hydrogen) atoms. The maximum Gasteiger partial charge on any atom is 0.237 e. The maximum absolute atomic E-state index is 12.5. The molecule has 1 atom stereocenters. The average Bonchev–Trinajstić information content (AvgIpc) is 3.17. The number of thioether (sulfide) groups is 1. The first-order valence-corrected chi connectivity index (χ1v) is 9.62. The van der Waals surface area contributed by atoms with E-state index in [2.05, 4.69) is 26.2 Å². The molecule has 1 aromatic heterocycles. The summed E-state index contributed by atoms with van der Waals surface area (Å²) in [5.41, 5.74) is 2.06. The van der Waals surface area contributed by atoms with E-state index < -0.39 is 5.25 Å². The molecular weight excluding hydrogens is 392 g/mol. The summed E-state index contributed by atoms with van der Waals surface area (Å²) in [6.45, 7) is 3.22. The van der Waals surface area contributed by atoms with Crippen LogP contribution in [0.5, 0.6) is 5.75 Å². The summed E-state index contributed by atoms with van der Waals surface area (Å²) in [7, 11) is 1.60. The van der Waals surface area contributed by atoms with Gasteiger partial charge in [0.2, 0.25) is 17.0 Å². The molecule has 150 valence electrons. The van der Waals surface area contributed by atoms with Crippen molar-refractivity contribution < 1.29 is 14.3 Å². The largest absolute Gasteiger partial charge is 0.497 e. The number of carbonyl (C=O) groups excluding carboxylic acids is 2. The number of amides is 2. The van der Waals surface area contributed by atoms with Crippen LogP contribution in [-0.4, -0.2) is 44.4 Å². The van der Waals surface area contributed by atoms with Crippen molar-refractivity contribution in [2.24, 2.45) is 0 Å². The van der Waals surface area contributed by atoms with Crippen LogP contribution >= 0.6 is 11.8 Å². The highest BCUT2D eigenvalue weighted by atomic mass is 32.2. The van der Waals surface area contributed by atoms with Crippen molar-refractivity contribution >= 4 is 35.0 Å². The lowest BCUT2D eigenvalue weighted by molar-refractivity contribution is -0.115. The third-order valence-electron chi connectivity index (χ3n) is 3.88. The minimum atomic E-state index is -0.437. The van der Waals surface area contributed by atoms with Crippen LogP contribution in [0, 0.1) is 0 Å². The number of ether oxygens (including phenoxy) is 1. The van der Waals surface area contributed by atoms with Crippen LogP contribution < -0.4 is 15.4 Å². The summed E-state index contributed by atoms with van der Waals surface area (Å²) in [4.78, 5) is 23.6. The summed E-state index contributed by atoms with van der Waals surface area (Å²) in [6.07, 6.45) is 0. The van der Waals surface area contributed by atoms with Gasteiger partial charge in [-0.2, -0.15) is 4.68 Å². The zero-order valence-electron chi connectivity index (χ0n) is 16.1. The predicted molar refractivity (Wildman–Crippen MR) is 110 cm³/mol. The van der Waals surface area contributed by atoms with Crippen molar-refractivity contribution in [1.82, 2.24) is 20.2 Å². The molecule has 0 saturated heterocycles. The van der Waals surface area contributed by atoms with Crippen LogP contribution in [-0.2, 0) is 9.59 Å². The molecule has 0 unspecified atom stereocenters. The summed E-state index contributed by atoms with van der Waals surface area (Å²) in [5.74, 6) is 0.390. The fourth-order valence-corrected chi connectivity index (χ4v) is 3.24. The number of nitrogens with zero attached hydrogens (tertiary/aromatic N) is 4. The highest BCUT2D eigenvalue weighted by molar-refractivity contribution is 8.00. The van der Waals surface area contributed by atoms with Gasteiger partial charge in [0.15, 0.2) is 0 Å². The van der Waals surface area contributed by atoms with E-state index in [1.54, 1.807) is 43.0 Å². The van der Waals surface area contributed by atoms with Gasteiger partial charge in [0.05, 0.1) is 18.0 Å². The molecule has 0 radical (unpaired) electrons. The van der Waals surface area contributed by atoms with Crippen molar-refractivity contribution in [3.63, 3.8) is 0 Å². The molecule has 0 saturated carbocycles. The van der Waals surface area contributed by atoms with Crippen LogP contribution in [0.2, 0.25) is 0 Å². The summed E-state index contributed by atoms with van der Waals surface area (Å²) in [6, 6.07) is 14.2. The van der Waals surface area contributed by atoms with Crippen molar-refractivity contribution in [2.75, 3.05) is 17.7 Å². The van der Waals surface area contributed by atoms with Crippen LogP contribution in [0.3, 0.4) is 0 Å². The molecule has 0 aliphatic heterocycles. The molecule has 9 nitrogen and oxygen atoms in total. The van der Waals surface area contributed by atoms with Gasteiger partial charge in [-0.05, 0) is 65.9 Å². The predicted octanol–water partition coefficient (Wildman–Crippen LogP) is 2.75. The Morgan fingerprint density at radius 1 is 1.03 bits per heavy atom. The van der Waals surface area contributed by atoms with E-state index >= 15 is 0 Å². The van der Waals surface area contributed by atoms with Crippen molar-refractivity contribution in [1.29, 1.82) is 0 Å². The Morgan fingerprint density at radius 2 is 1.66 bits per heavy atom. The highest BCUT2D eigenvalue weighted by Crippen LogP contribution is 2.25. The van der Waals surface area contributed by atoms with Gasteiger partial charge < -0.3 is 15.4 Å². The van der Waals surface area contributed by atoms with E-state index in [0.29, 0.717) is 16.5 Å². The molecule has 10 heteroatoms. The highest BCUT2D eigenvalue weighted by Gasteiger charge is 2.19. The number of nitrogens with one attached hydrogen (secondary N) is 2. The molecule has 0 bridgehead atoms. The first kappa shape index (κ1) is 20.3. The Morgan fingerprint density at radius 3 is 2.24 bits per heavy atom. The molecule has 0 aliphatic rings. The third kappa shape index (κ3) is 5.32. The molecule has 0 spiro atoms. The molecule has 2 amide bonds. The van der Waals surface area contributed by atoms with Crippen LogP contribution in [0.1, 0.15) is 13.8 Å². The maximum atomic E-state index is 12.5. The molecule has 0 aliphatic carbocycles. The minimum absolute atomic E-state index is 0.151. The number of hydrogen-bond donors (Lipinski definition) is 2. The summed E-state index contributed by atoms with van der Waals surface area (Å²) in [5, 5.41) is 17.3. The summed E-state index contributed by atoms with van der Waals surface area (Å²) >= 11 is 1.25. The van der Waals surface area contributed by atoms with E-state index in [4.69, 9.17) is 4.74 Å². The molecule has 3 aromatic rings. The minimum Gasteiger partial charge on any atom is -0.497 e. The lowest BCUT2D eigenvalue weighted by Gasteiger charge is -2.12. The van der Waals surface area contributed by atoms with E-state index in [1.165, 1.54) is 18.7 Å². The van der Waals surface area contributed by atoms with E-state index in [9.17, 15) is 9.59 Å². The lowest BCUT2D eigenvalue weighted by atomic mass is 10.2. The van der Waals surface area contributed by atoms with Gasteiger partial charge in [-0.25, -0.2) is 0 Å². The standard InChI is InChI=1S/C19H20N6O3S/c1-12(18(27)21-15-6-4-14(5-7-15)20-13(2)26)29-19-22-23-24-25(19)16-8-10-17(28-3)11-9-16/h4-12H,1-3H3,(H,20,26)(H,21,27)/t12-/m0/s1. The molecule has 2 aromatic carbocycles. The van der Waals surface area contributed by atoms with Crippen LogP contribution in [0.25, 0.3) is 5.69 Å². The number of rotatable bonds is 7. The van der Waals surface area contributed by atoms with Gasteiger partial charge in [0, 0.05) is 18.3 Å². The Kier molecular flexibility index (Phi) is 6.45. The van der Waals surface area contributed by atoms with E-state index in [1.807, 2.05) is 24.3 Å². The van der Waals surface area contributed by atoms with Gasteiger partial charge in [-0.3, -0.25) is 9.59 Å². The first-order valence-electron chi connectivity index (χ1n) is 8.74. The van der Waals surface area contributed by atoms with Gasteiger partial charge in [-0.1, -0.05) is 11.8 Å².